The van der Waals surface area contributed by atoms with Crippen LogP contribution in [0.5, 0.6) is 0 Å². The molecular formula is C19H16N3O3+. The Bertz CT molecular complexity index is 854. The van der Waals surface area contributed by atoms with Gasteiger partial charge >= 0.3 is 11.8 Å². The zero-order valence-corrected chi connectivity index (χ0v) is 13.5. The summed E-state index contributed by atoms with van der Waals surface area (Å²) < 4.78 is 0.305. The molecule has 3 rings (SSSR count). The normalized spacial score (nSPS) is 16.5. The molecule has 2 aromatic carbocycles. The quantitative estimate of drug-likeness (QED) is 0.803. The van der Waals surface area contributed by atoms with E-state index in [1.165, 1.54) is 4.90 Å². The highest BCUT2D eigenvalue weighted by Crippen LogP contribution is 2.23. The van der Waals surface area contributed by atoms with Crippen molar-refractivity contribution in [2.75, 3.05) is 11.4 Å². The SMILES string of the molecule is N#Cc1ccc(N2CCC([N+](=O)C(=O)Cc3ccccc3)C2=O)cc1. The Balaban J connectivity index is 1.69. The molecule has 1 aliphatic heterocycles. The molecule has 124 valence electrons. The molecule has 0 bridgehead atoms. The maximum Gasteiger partial charge on any atom is 0.438 e. The van der Waals surface area contributed by atoms with E-state index in [2.05, 4.69) is 0 Å². The third-order valence-corrected chi connectivity index (χ3v) is 4.21. The summed E-state index contributed by atoms with van der Waals surface area (Å²) in [7, 11) is 0. The van der Waals surface area contributed by atoms with Crippen LogP contribution in [0.25, 0.3) is 0 Å². The van der Waals surface area contributed by atoms with Crippen LogP contribution in [0.2, 0.25) is 0 Å². The maximum absolute atomic E-state index is 12.5. The lowest BCUT2D eigenvalue weighted by Gasteiger charge is -2.14. The number of nitroso groups, excluding NO2 is 1. The lowest BCUT2D eigenvalue weighted by molar-refractivity contribution is -0.492. The Morgan fingerprint density at radius 3 is 2.48 bits per heavy atom. The number of rotatable bonds is 4. The number of hydrogen-bond acceptors (Lipinski definition) is 4. The second-order valence-electron chi connectivity index (χ2n) is 5.83. The van der Waals surface area contributed by atoms with Gasteiger partial charge < -0.3 is 4.90 Å². The molecule has 0 radical (unpaired) electrons. The minimum atomic E-state index is -0.994. The van der Waals surface area contributed by atoms with Crippen LogP contribution in [-0.4, -0.2) is 29.2 Å². The van der Waals surface area contributed by atoms with Crippen molar-refractivity contribution in [2.24, 2.45) is 0 Å². The first-order valence-corrected chi connectivity index (χ1v) is 7.95. The van der Waals surface area contributed by atoms with Crippen molar-refractivity contribution in [1.29, 1.82) is 5.26 Å². The van der Waals surface area contributed by atoms with Crippen molar-refractivity contribution in [2.45, 2.75) is 18.9 Å². The number of carbonyl (C=O) groups is 2. The van der Waals surface area contributed by atoms with Gasteiger partial charge in [-0.05, 0) is 29.8 Å². The number of carbonyl (C=O) groups excluding carboxylic acids is 2. The van der Waals surface area contributed by atoms with Crippen molar-refractivity contribution >= 4 is 17.5 Å². The van der Waals surface area contributed by atoms with Crippen molar-refractivity contribution in [3.8, 4) is 6.07 Å². The molecule has 6 heteroatoms. The van der Waals surface area contributed by atoms with E-state index in [4.69, 9.17) is 5.26 Å². The highest BCUT2D eigenvalue weighted by molar-refractivity contribution is 5.99. The molecule has 0 aromatic heterocycles. The fourth-order valence-corrected chi connectivity index (χ4v) is 2.88. The molecule has 2 amide bonds. The largest absolute Gasteiger partial charge is 0.438 e. The molecule has 1 heterocycles. The van der Waals surface area contributed by atoms with Gasteiger partial charge in [0.25, 0.3) is 6.04 Å². The summed E-state index contributed by atoms with van der Waals surface area (Å²) in [6.45, 7) is 0.368. The lowest BCUT2D eigenvalue weighted by Crippen LogP contribution is -2.38. The van der Waals surface area contributed by atoms with Gasteiger partial charge in [0.1, 0.15) is 6.42 Å². The summed E-state index contributed by atoms with van der Waals surface area (Å²) in [6, 6.07) is 16.6. The molecule has 2 aromatic rings. The molecule has 1 saturated heterocycles. The van der Waals surface area contributed by atoms with Crippen LogP contribution < -0.4 is 4.90 Å². The first-order valence-electron chi connectivity index (χ1n) is 7.95. The Morgan fingerprint density at radius 2 is 1.84 bits per heavy atom. The highest BCUT2D eigenvalue weighted by Gasteiger charge is 2.46. The third-order valence-electron chi connectivity index (χ3n) is 4.21. The highest BCUT2D eigenvalue weighted by atomic mass is 16.3. The maximum atomic E-state index is 12.5. The van der Waals surface area contributed by atoms with Crippen LogP contribution in [0.15, 0.2) is 54.6 Å². The van der Waals surface area contributed by atoms with E-state index in [9.17, 15) is 14.5 Å². The summed E-state index contributed by atoms with van der Waals surface area (Å²) in [5.41, 5.74) is 1.86. The number of anilines is 1. The van der Waals surface area contributed by atoms with E-state index < -0.39 is 11.9 Å². The molecule has 0 N–H and O–H groups in total. The Kier molecular flexibility index (Phi) is 4.66. The van der Waals surface area contributed by atoms with Gasteiger partial charge in [-0.2, -0.15) is 5.26 Å². The Morgan fingerprint density at radius 1 is 1.16 bits per heavy atom. The zero-order valence-electron chi connectivity index (χ0n) is 13.5. The Labute approximate surface area is 144 Å². The molecule has 6 nitrogen and oxygen atoms in total. The first-order chi connectivity index (χ1) is 12.1. The van der Waals surface area contributed by atoms with Crippen LogP contribution in [0, 0.1) is 16.2 Å². The molecule has 25 heavy (non-hydrogen) atoms. The van der Waals surface area contributed by atoms with E-state index in [-0.39, 0.29) is 12.3 Å². The fraction of sp³-hybridized carbons (Fsp3) is 0.211. The van der Waals surface area contributed by atoms with E-state index in [0.717, 1.165) is 5.56 Å². The molecule has 1 unspecified atom stereocenters. The third kappa shape index (κ3) is 3.45. The second-order valence-corrected chi connectivity index (χ2v) is 5.83. The van der Waals surface area contributed by atoms with Gasteiger partial charge in [0.05, 0.1) is 16.4 Å². The lowest BCUT2D eigenvalue weighted by atomic mass is 10.1. The van der Waals surface area contributed by atoms with Crippen LogP contribution in [0.4, 0.5) is 5.69 Å². The standard InChI is InChI=1S/C19H16N3O3/c20-13-15-6-8-16(9-7-15)21-11-10-17(19(21)24)22(25)18(23)12-14-4-2-1-3-5-14/h1-9,17H,10-12H2/q+1. The molecule has 1 aliphatic rings. The number of nitrogens with zero attached hydrogens (tertiary/aromatic N) is 3. The number of amides is 2. The van der Waals surface area contributed by atoms with Gasteiger partial charge in [0.15, 0.2) is 0 Å². The minimum Gasteiger partial charge on any atom is -0.306 e. The second kappa shape index (κ2) is 7.05. The van der Waals surface area contributed by atoms with Gasteiger partial charge in [-0.1, -0.05) is 30.3 Å². The van der Waals surface area contributed by atoms with Gasteiger partial charge in [0, 0.05) is 23.6 Å². The van der Waals surface area contributed by atoms with Crippen molar-refractivity contribution in [3.05, 3.63) is 70.6 Å². The summed E-state index contributed by atoms with van der Waals surface area (Å²) >= 11 is 0. The number of nitriles is 1. The zero-order chi connectivity index (χ0) is 17.8. The Hall–Kier alpha value is -3.33. The van der Waals surface area contributed by atoms with Crippen LogP contribution >= 0.6 is 0 Å². The fourth-order valence-electron chi connectivity index (χ4n) is 2.88. The summed E-state index contributed by atoms with van der Waals surface area (Å²) in [4.78, 5) is 38.5. The molecule has 1 fully saturated rings. The smallest absolute Gasteiger partial charge is 0.306 e. The van der Waals surface area contributed by atoms with Gasteiger partial charge in [-0.15, -0.1) is 0 Å². The van der Waals surface area contributed by atoms with Gasteiger partial charge in [-0.25, -0.2) is 4.79 Å². The predicted molar refractivity (Wildman–Crippen MR) is 90.7 cm³/mol. The predicted octanol–water partition coefficient (Wildman–Crippen LogP) is 2.21. The monoisotopic (exact) mass is 334 g/mol. The van der Waals surface area contributed by atoms with Crippen LogP contribution in [-0.2, 0) is 16.0 Å². The average molecular weight is 334 g/mol. The summed E-state index contributed by atoms with van der Waals surface area (Å²) in [6.07, 6.45) is 0.272. The van der Waals surface area contributed by atoms with E-state index in [0.29, 0.717) is 29.0 Å². The molecule has 0 aliphatic carbocycles. The van der Waals surface area contributed by atoms with Crippen LogP contribution in [0.1, 0.15) is 17.5 Å². The molecule has 0 spiro atoms. The first kappa shape index (κ1) is 16.5. The van der Waals surface area contributed by atoms with Gasteiger partial charge in [-0.3, -0.25) is 4.79 Å². The number of benzene rings is 2. The minimum absolute atomic E-state index is 0.0228. The number of hydrogen-bond donors (Lipinski definition) is 0. The van der Waals surface area contributed by atoms with E-state index in [1.54, 1.807) is 48.5 Å². The summed E-state index contributed by atoms with van der Waals surface area (Å²) in [5, 5.41) is 8.83. The van der Waals surface area contributed by atoms with E-state index >= 15 is 0 Å². The van der Waals surface area contributed by atoms with Crippen LogP contribution in [0.3, 0.4) is 0 Å². The van der Waals surface area contributed by atoms with Gasteiger partial charge in [0.2, 0.25) is 0 Å². The molecule has 1 atom stereocenters. The molecule has 0 saturated carbocycles. The van der Waals surface area contributed by atoms with Crippen molar-refractivity contribution < 1.29 is 14.3 Å². The van der Waals surface area contributed by atoms with Crippen molar-refractivity contribution in [1.82, 2.24) is 0 Å². The average Bonchev–Trinajstić information content (AvgIpc) is 3.03. The van der Waals surface area contributed by atoms with E-state index in [1.807, 2.05) is 12.1 Å². The van der Waals surface area contributed by atoms with Crippen molar-refractivity contribution in [3.63, 3.8) is 0 Å². The topological polar surface area (TPSA) is 81.2 Å². The molecular weight excluding hydrogens is 318 g/mol. The summed E-state index contributed by atoms with van der Waals surface area (Å²) in [5.74, 6) is -1.01.